The van der Waals surface area contributed by atoms with Gasteiger partial charge in [-0.25, -0.2) is 8.42 Å². The number of nitrogens with zero attached hydrogens (tertiary/aromatic N) is 1. The summed E-state index contributed by atoms with van der Waals surface area (Å²) in [5.41, 5.74) is 4.78. The second-order valence-corrected chi connectivity index (χ2v) is 11.6. The van der Waals surface area contributed by atoms with Crippen molar-refractivity contribution in [1.29, 1.82) is 0 Å². The van der Waals surface area contributed by atoms with Gasteiger partial charge in [0, 0.05) is 35.4 Å². The molecule has 4 aromatic rings. The Labute approximate surface area is 232 Å². The first-order valence-electron chi connectivity index (χ1n) is 13.2. The Morgan fingerprint density at radius 1 is 0.975 bits per heavy atom. The van der Waals surface area contributed by atoms with Crippen LogP contribution in [0.4, 0.5) is 11.4 Å². The second kappa shape index (κ2) is 11.1. The normalized spacial score (nSPS) is 14.4. The van der Waals surface area contributed by atoms with Gasteiger partial charge < -0.3 is 19.7 Å². The monoisotopic (exact) mass is 561 g/mol. The molecular formula is C30H31N3O6S. The van der Waals surface area contributed by atoms with E-state index in [1.807, 2.05) is 31.2 Å². The molecule has 1 aliphatic rings. The first-order chi connectivity index (χ1) is 19.2. The van der Waals surface area contributed by atoms with Crippen molar-refractivity contribution in [3.8, 4) is 11.1 Å². The molecule has 0 spiro atoms. The van der Waals surface area contributed by atoms with Gasteiger partial charge in [-0.1, -0.05) is 37.3 Å². The lowest BCUT2D eigenvalue weighted by atomic mass is 10.1. The maximum atomic E-state index is 13.1. The standard InChI is InChI=1S/C30H31N3O6S/c1-3-24(30(35)36)32-40(37,38)23-15-11-21(12-16-23)20-9-13-22(14-10-20)31-29(34)28-19(2)27-25(33-17-4-5-18-33)7-6-8-26(27)39-28/h6-16,24,32H,3-5,17-18H2,1-2H3,(H,31,34)(H,35,36). The number of aryl methyl sites for hydroxylation is 1. The molecule has 3 aromatic carbocycles. The van der Waals surface area contributed by atoms with Gasteiger partial charge in [-0.05, 0) is 73.7 Å². The summed E-state index contributed by atoms with van der Waals surface area (Å²) in [6.07, 6.45) is 2.44. The molecule has 1 fully saturated rings. The molecule has 1 saturated heterocycles. The van der Waals surface area contributed by atoms with Crippen molar-refractivity contribution in [2.24, 2.45) is 0 Å². The summed E-state index contributed by atoms with van der Waals surface area (Å²) < 4.78 is 33.3. The van der Waals surface area contributed by atoms with Gasteiger partial charge in [0.25, 0.3) is 5.91 Å². The van der Waals surface area contributed by atoms with Crippen LogP contribution in [0.25, 0.3) is 22.1 Å². The van der Waals surface area contributed by atoms with Crippen molar-refractivity contribution in [1.82, 2.24) is 4.72 Å². The van der Waals surface area contributed by atoms with Crippen LogP contribution < -0.4 is 14.9 Å². The van der Waals surface area contributed by atoms with Crippen LogP contribution in [0.15, 0.2) is 76.0 Å². The Morgan fingerprint density at radius 3 is 2.20 bits per heavy atom. The molecule has 10 heteroatoms. The molecule has 0 radical (unpaired) electrons. The molecule has 5 rings (SSSR count). The Balaban J connectivity index is 1.30. The minimum atomic E-state index is -3.97. The first-order valence-corrected chi connectivity index (χ1v) is 14.7. The average molecular weight is 562 g/mol. The predicted molar refractivity (Wildman–Crippen MR) is 154 cm³/mol. The molecule has 0 saturated carbocycles. The van der Waals surface area contributed by atoms with Crippen LogP contribution in [0, 0.1) is 6.92 Å². The van der Waals surface area contributed by atoms with E-state index in [4.69, 9.17) is 9.52 Å². The minimum Gasteiger partial charge on any atom is -0.480 e. The third kappa shape index (κ3) is 5.45. The number of benzene rings is 3. The number of furan rings is 1. The molecule has 1 atom stereocenters. The van der Waals surface area contributed by atoms with Crippen molar-refractivity contribution < 1.29 is 27.5 Å². The lowest BCUT2D eigenvalue weighted by Gasteiger charge is -2.18. The summed E-state index contributed by atoms with van der Waals surface area (Å²) in [5.74, 6) is -1.27. The minimum absolute atomic E-state index is 0.0195. The number of fused-ring (bicyclic) bond motifs is 1. The van der Waals surface area contributed by atoms with Gasteiger partial charge in [-0.15, -0.1) is 0 Å². The average Bonchev–Trinajstić information content (AvgIpc) is 3.61. The summed E-state index contributed by atoms with van der Waals surface area (Å²) >= 11 is 0. The Hall–Kier alpha value is -4.15. The van der Waals surface area contributed by atoms with Crippen LogP contribution in [0.3, 0.4) is 0 Å². The van der Waals surface area contributed by atoms with Gasteiger partial charge in [0.05, 0.1) is 4.90 Å². The number of hydrogen-bond acceptors (Lipinski definition) is 6. The zero-order valence-electron chi connectivity index (χ0n) is 22.3. The van der Waals surface area contributed by atoms with E-state index in [0.29, 0.717) is 11.3 Å². The van der Waals surface area contributed by atoms with E-state index in [-0.39, 0.29) is 23.0 Å². The topological polar surface area (TPSA) is 129 Å². The van der Waals surface area contributed by atoms with Crippen LogP contribution in [0.1, 0.15) is 42.3 Å². The molecule has 208 valence electrons. The summed E-state index contributed by atoms with van der Waals surface area (Å²) in [4.78, 5) is 26.7. The number of anilines is 2. The van der Waals surface area contributed by atoms with Gasteiger partial charge in [-0.3, -0.25) is 9.59 Å². The number of carboxylic acids is 1. The van der Waals surface area contributed by atoms with Crippen molar-refractivity contribution in [3.63, 3.8) is 0 Å². The summed E-state index contributed by atoms with van der Waals surface area (Å²) in [6, 6.07) is 18.1. The van der Waals surface area contributed by atoms with Crippen LogP contribution in [0.2, 0.25) is 0 Å². The number of aliphatic carboxylic acids is 1. The molecule has 40 heavy (non-hydrogen) atoms. The number of amides is 1. The molecule has 1 aromatic heterocycles. The third-order valence-corrected chi connectivity index (χ3v) is 8.72. The summed E-state index contributed by atoms with van der Waals surface area (Å²) in [5, 5.41) is 13.0. The van der Waals surface area contributed by atoms with Gasteiger partial charge >= 0.3 is 5.97 Å². The Bertz CT molecular complexity index is 1650. The molecule has 1 unspecified atom stereocenters. The zero-order valence-corrected chi connectivity index (χ0v) is 23.1. The number of carboxylic acid groups (broad SMARTS) is 1. The third-order valence-electron chi connectivity index (χ3n) is 7.23. The number of nitrogens with one attached hydrogen (secondary N) is 2. The SMILES string of the molecule is CCC(NS(=O)(=O)c1ccc(-c2ccc(NC(=O)c3oc4cccc(N5CCCC5)c4c3C)cc2)cc1)C(=O)O. The number of rotatable bonds is 9. The van der Waals surface area contributed by atoms with Crippen molar-refractivity contribution in [2.45, 2.75) is 44.0 Å². The fraction of sp³-hybridized carbons (Fsp3) is 0.267. The lowest BCUT2D eigenvalue weighted by molar-refractivity contribution is -0.139. The number of sulfonamides is 1. The maximum absolute atomic E-state index is 13.1. The van der Waals surface area contributed by atoms with Crippen LogP contribution >= 0.6 is 0 Å². The highest BCUT2D eigenvalue weighted by atomic mass is 32.2. The van der Waals surface area contributed by atoms with Crippen molar-refractivity contribution in [2.75, 3.05) is 23.3 Å². The number of hydrogen-bond donors (Lipinski definition) is 3. The zero-order chi connectivity index (χ0) is 28.4. The van der Waals surface area contributed by atoms with Gasteiger partial charge in [0.2, 0.25) is 10.0 Å². The highest BCUT2D eigenvalue weighted by Crippen LogP contribution is 2.35. The highest BCUT2D eigenvalue weighted by Gasteiger charge is 2.25. The molecule has 1 aliphatic heterocycles. The first kappa shape index (κ1) is 27.4. The van der Waals surface area contributed by atoms with Crippen molar-refractivity contribution in [3.05, 3.63) is 78.1 Å². The predicted octanol–water partition coefficient (Wildman–Crippen LogP) is 5.40. The molecule has 2 heterocycles. The Morgan fingerprint density at radius 2 is 1.60 bits per heavy atom. The number of carbonyl (C=O) groups is 2. The molecule has 3 N–H and O–H groups in total. The van der Waals surface area contributed by atoms with E-state index >= 15 is 0 Å². The van der Waals surface area contributed by atoms with Crippen LogP contribution in [-0.2, 0) is 14.8 Å². The van der Waals surface area contributed by atoms with Crippen LogP contribution in [0.5, 0.6) is 0 Å². The van der Waals surface area contributed by atoms with E-state index in [9.17, 15) is 18.0 Å². The summed E-state index contributed by atoms with van der Waals surface area (Å²) in [7, 11) is -3.97. The molecule has 0 aliphatic carbocycles. The molecule has 1 amide bonds. The van der Waals surface area contributed by atoms with E-state index < -0.39 is 22.0 Å². The van der Waals surface area contributed by atoms with E-state index in [1.54, 1.807) is 31.2 Å². The quantitative estimate of drug-likeness (QED) is 0.249. The lowest BCUT2D eigenvalue weighted by Crippen LogP contribution is -2.40. The van der Waals surface area contributed by atoms with Crippen LogP contribution in [-0.4, -0.2) is 44.5 Å². The fourth-order valence-corrected chi connectivity index (χ4v) is 6.32. The molecule has 9 nitrogen and oxygen atoms in total. The molecule has 0 bridgehead atoms. The maximum Gasteiger partial charge on any atom is 0.321 e. The van der Waals surface area contributed by atoms with E-state index in [2.05, 4.69) is 21.0 Å². The number of carbonyl (C=O) groups excluding carboxylic acids is 1. The fourth-order valence-electron chi connectivity index (χ4n) is 5.04. The summed E-state index contributed by atoms with van der Waals surface area (Å²) in [6.45, 7) is 5.50. The Kier molecular flexibility index (Phi) is 7.64. The van der Waals surface area contributed by atoms with Gasteiger partial charge in [0.15, 0.2) is 5.76 Å². The molecular weight excluding hydrogens is 530 g/mol. The smallest absolute Gasteiger partial charge is 0.321 e. The van der Waals surface area contributed by atoms with Gasteiger partial charge in [-0.2, -0.15) is 4.72 Å². The second-order valence-electron chi connectivity index (χ2n) is 9.88. The highest BCUT2D eigenvalue weighted by molar-refractivity contribution is 7.89. The van der Waals surface area contributed by atoms with E-state index in [0.717, 1.165) is 53.7 Å². The largest absolute Gasteiger partial charge is 0.480 e. The van der Waals surface area contributed by atoms with E-state index in [1.165, 1.54) is 12.1 Å². The van der Waals surface area contributed by atoms with Gasteiger partial charge in [0.1, 0.15) is 11.6 Å². The van der Waals surface area contributed by atoms with Crippen molar-refractivity contribution >= 4 is 44.2 Å².